The van der Waals surface area contributed by atoms with Gasteiger partial charge in [0.25, 0.3) is 0 Å². The number of amidine groups is 1. The summed E-state index contributed by atoms with van der Waals surface area (Å²) < 4.78 is 10.6. The summed E-state index contributed by atoms with van der Waals surface area (Å²) in [5, 5.41) is 11.2. The Morgan fingerprint density at radius 3 is 2.64 bits per heavy atom. The van der Waals surface area contributed by atoms with Crippen LogP contribution in [0.15, 0.2) is 18.3 Å². The first-order valence-electron chi connectivity index (χ1n) is 7.05. The Morgan fingerprint density at radius 2 is 2.09 bits per heavy atom. The SMILES string of the molecule is CC(C)(C)OC(=O)NC(=N)c1ccc(OCCCCBr)nc1. The Bertz CT molecular complexity index is 498. The molecule has 1 aromatic rings. The lowest BCUT2D eigenvalue weighted by Crippen LogP contribution is -2.36. The summed E-state index contributed by atoms with van der Waals surface area (Å²) in [6, 6.07) is 3.35. The number of alkyl carbamates (subject to hydrolysis) is 1. The van der Waals surface area contributed by atoms with Crippen molar-refractivity contribution in [1.82, 2.24) is 10.3 Å². The number of nitrogens with one attached hydrogen (secondary N) is 2. The minimum Gasteiger partial charge on any atom is -0.478 e. The largest absolute Gasteiger partial charge is 0.478 e. The number of aromatic nitrogens is 1. The number of carbonyl (C=O) groups is 1. The van der Waals surface area contributed by atoms with E-state index in [2.05, 4.69) is 26.2 Å². The molecule has 6 nitrogen and oxygen atoms in total. The second-order valence-electron chi connectivity index (χ2n) is 5.63. The van der Waals surface area contributed by atoms with Crippen LogP contribution in [0.3, 0.4) is 0 Å². The third-order valence-electron chi connectivity index (χ3n) is 2.43. The molecule has 7 heteroatoms. The number of amides is 1. The molecule has 1 amide bonds. The zero-order valence-corrected chi connectivity index (χ0v) is 14.7. The van der Waals surface area contributed by atoms with E-state index in [0.29, 0.717) is 18.1 Å². The molecular formula is C15H22BrN3O3. The summed E-state index contributed by atoms with van der Waals surface area (Å²) in [4.78, 5) is 15.7. The van der Waals surface area contributed by atoms with Gasteiger partial charge in [-0.05, 0) is 39.7 Å². The van der Waals surface area contributed by atoms with Crippen LogP contribution in [-0.2, 0) is 4.74 Å². The number of halogens is 1. The standard InChI is InChI=1S/C15H22BrN3O3/c1-15(2,3)22-14(20)19-13(17)11-6-7-12(18-10-11)21-9-5-4-8-16/h6-7,10H,4-5,8-9H2,1-3H3,(H2,17,19,20). The fraction of sp³-hybridized carbons (Fsp3) is 0.533. The van der Waals surface area contributed by atoms with Crippen molar-refractivity contribution in [2.24, 2.45) is 0 Å². The lowest BCUT2D eigenvalue weighted by atomic mass is 10.2. The molecule has 0 aliphatic heterocycles. The Morgan fingerprint density at radius 1 is 1.36 bits per heavy atom. The Kier molecular flexibility index (Phi) is 7.31. The Balaban J connectivity index is 2.48. The fourth-order valence-corrected chi connectivity index (χ4v) is 1.86. The first kappa shape index (κ1) is 18.4. The molecule has 0 radical (unpaired) electrons. The van der Waals surface area contributed by atoms with Crippen LogP contribution in [0.5, 0.6) is 5.88 Å². The van der Waals surface area contributed by atoms with Crippen LogP contribution < -0.4 is 10.1 Å². The molecule has 0 aliphatic carbocycles. The predicted molar refractivity (Wildman–Crippen MR) is 89.0 cm³/mol. The maximum atomic E-state index is 11.6. The quantitative estimate of drug-likeness (QED) is 0.347. The van der Waals surface area contributed by atoms with Crippen LogP contribution in [0.1, 0.15) is 39.2 Å². The van der Waals surface area contributed by atoms with Crippen LogP contribution >= 0.6 is 15.9 Å². The zero-order chi connectivity index (χ0) is 16.6. The smallest absolute Gasteiger partial charge is 0.413 e. The van der Waals surface area contributed by atoms with Crippen molar-refractivity contribution in [3.05, 3.63) is 23.9 Å². The van der Waals surface area contributed by atoms with Gasteiger partial charge in [-0.1, -0.05) is 15.9 Å². The number of nitrogens with zero attached hydrogens (tertiary/aromatic N) is 1. The van der Waals surface area contributed by atoms with E-state index in [-0.39, 0.29) is 5.84 Å². The molecule has 0 aliphatic rings. The van der Waals surface area contributed by atoms with Gasteiger partial charge in [0, 0.05) is 23.2 Å². The van der Waals surface area contributed by atoms with Crippen molar-refractivity contribution in [3.63, 3.8) is 0 Å². The third-order valence-corrected chi connectivity index (χ3v) is 2.99. The van der Waals surface area contributed by atoms with Crippen molar-refractivity contribution >= 4 is 27.9 Å². The number of unbranched alkanes of at least 4 members (excludes halogenated alkanes) is 1. The molecule has 0 spiro atoms. The zero-order valence-electron chi connectivity index (χ0n) is 13.1. The lowest BCUT2D eigenvalue weighted by molar-refractivity contribution is 0.0563. The van der Waals surface area contributed by atoms with Crippen molar-refractivity contribution in [1.29, 1.82) is 5.41 Å². The van der Waals surface area contributed by atoms with Gasteiger partial charge in [-0.25, -0.2) is 9.78 Å². The van der Waals surface area contributed by atoms with Crippen LogP contribution in [0.25, 0.3) is 0 Å². The van der Waals surface area contributed by atoms with Crippen LogP contribution in [0.2, 0.25) is 0 Å². The second kappa shape index (κ2) is 8.73. The minimum absolute atomic E-state index is 0.0624. The van der Waals surface area contributed by atoms with Crippen LogP contribution in [-0.4, -0.2) is 34.5 Å². The molecule has 0 atom stereocenters. The van der Waals surface area contributed by atoms with Gasteiger partial charge in [0.15, 0.2) is 0 Å². The highest BCUT2D eigenvalue weighted by molar-refractivity contribution is 9.09. The van der Waals surface area contributed by atoms with Crippen molar-refractivity contribution < 1.29 is 14.3 Å². The number of rotatable bonds is 6. The normalized spacial score (nSPS) is 10.9. The minimum atomic E-state index is -0.660. The Hall–Kier alpha value is -1.63. The monoisotopic (exact) mass is 371 g/mol. The summed E-state index contributed by atoms with van der Waals surface area (Å²) in [5.74, 6) is 0.441. The van der Waals surface area contributed by atoms with Crippen molar-refractivity contribution in [3.8, 4) is 5.88 Å². The number of carbonyl (C=O) groups excluding carboxylic acids is 1. The average Bonchev–Trinajstić information content (AvgIpc) is 2.42. The first-order valence-corrected chi connectivity index (χ1v) is 8.18. The summed E-state index contributed by atoms with van der Waals surface area (Å²) in [6.07, 6.45) is 2.82. The average molecular weight is 372 g/mol. The van der Waals surface area contributed by atoms with Gasteiger partial charge in [0.1, 0.15) is 11.4 Å². The number of hydrogen-bond donors (Lipinski definition) is 2. The van der Waals surface area contributed by atoms with Crippen molar-refractivity contribution in [2.45, 2.75) is 39.2 Å². The van der Waals surface area contributed by atoms with Gasteiger partial charge in [-0.15, -0.1) is 0 Å². The molecule has 122 valence electrons. The molecule has 0 fully saturated rings. The maximum Gasteiger partial charge on any atom is 0.413 e. The molecule has 0 saturated heterocycles. The molecule has 0 bridgehead atoms. The van der Waals surface area contributed by atoms with E-state index in [1.165, 1.54) is 6.20 Å². The highest BCUT2D eigenvalue weighted by Gasteiger charge is 2.17. The van der Waals surface area contributed by atoms with Gasteiger partial charge in [-0.2, -0.15) is 0 Å². The molecule has 1 heterocycles. The molecular weight excluding hydrogens is 350 g/mol. The van der Waals surface area contributed by atoms with E-state index in [1.54, 1.807) is 32.9 Å². The number of alkyl halides is 1. The Labute approximate surface area is 139 Å². The summed E-state index contributed by atoms with van der Waals surface area (Å²) in [7, 11) is 0. The van der Waals surface area contributed by atoms with E-state index < -0.39 is 11.7 Å². The molecule has 1 rings (SSSR count). The number of hydrogen-bond acceptors (Lipinski definition) is 5. The molecule has 1 aromatic heterocycles. The van der Waals surface area contributed by atoms with E-state index >= 15 is 0 Å². The molecule has 0 saturated carbocycles. The number of ether oxygens (including phenoxy) is 2. The predicted octanol–water partition coefficient (Wildman–Crippen LogP) is 3.49. The van der Waals surface area contributed by atoms with E-state index in [0.717, 1.165) is 18.2 Å². The highest BCUT2D eigenvalue weighted by atomic mass is 79.9. The van der Waals surface area contributed by atoms with E-state index in [9.17, 15) is 4.79 Å². The van der Waals surface area contributed by atoms with Crippen LogP contribution in [0.4, 0.5) is 4.79 Å². The van der Waals surface area contributed by atoms with Gasteiger partial charge >= 0.3 is 6.09 Å². The number of pyridine rings is 1. The van der Waals surface area contributed by atoms with E-state index in [4.69, 9.17) is 14.9 Å². The topological polar surface area (TPSA) is 84.3 Å². The fourth-order valence-electron chi connectivity index (χ4n) is 1.46. The van der Waals surface area contributed by atoms with Crippen LogP contribution in [0, 0.1) is 5.41 Å². The molecule has 0 unspecified atom stereocenters. The maximum absolute atomic E-state index is 11.6. The summed E-state index contributed by atoms with van der Waals surface area (Å²) in [6.45, 7) is 5.89. The van der Waals surface area contributed by atoms with E-state index in [1.807, 2.05) is 0 Å². The highest BCUT2D eigenvalue weighted by Crippen LogP contribution is 2.10. The lowest BCUT2D eigenvalue weighted by Gasteiger charge is -2.19. The second-order valence-corrected chi connectivity index (χ2v) is 6.42. The molecule has 0 aromatic carbocycles. The van der Waals surface area contributed by atoms with Gasteiger partial charge < -0.3 is 9.47 Å². The first-order chi connectivity index (χ1) is 10.3. The van der Waals surface area contributed by atoms with Gasteiger partial charge in [0.05, 0.1) is 6.61 Å². The van der Waals surface area contributed by atoms with Gasteiger partial charge in [-0.3, -0.25) is 10.7 Å². The molecule has 2 N–H and O–H groups in total. The third kappa shape index (κ3) is 7.40. The van der Waals surface area contributed by atoms with Crippen molar-refractivity contribution in [2.75, 3.05) is 11.9 Å². The molecule has 22 heavy (non-hydrogen) atoms. The van der Waals surface area contributed by atoms with Gasteiger partial charge in [0.2, 0.25) is 5.88 Å². The summed E-state index contributed by atoms with van der Waals surface area (Å²) in [5.41, 5.74) is -0.117. The summed E-state index contributed by atoms with van der Waals surface area (Å²) >= 11 is 3.36.